The monoisotopic (exact) mass is 241 g/mol. The lowest BCUT2D eigenvalue weighted by Crippen LogP contribution is -2.28. The van der Waals surface area contributed by atoms with Crippen molar-refractivity contribution in [2.45, 2.75) is 12.2 Å². The second kappa shape index (κ2) is 5.62. The number of aliphatic hydroxyl groups is 2. The van der Waals surface area contributed by atoms with E-state index in [0.29, 0.717) is 5.75 Å². The van der Waals surface area contributed by atoms with Crippen LogP contribution in [0.2, 0.25) is 0 Å². The summed E-state index contributed by atoms with van der Waals surface area (Å²) in [6.45, 7) is -0.160. The van der Waals surface area contributed by atoms with E-state index in [1.165, 1.54) is 25.3 Å². The van der Waals surface area contributed by atoms with Crippen LogP contribution in [-0.4, -0.2) is 41.0 Å². The van der Waals surface area contributed by atoms with Crippen LogP contribution in [0.25, 0.3) is 0 Å². The summed E-state index contributed by atoms with van der Waals surface area (Å²) in [4.78, 5) is 11.0. The van der Waals surface area contributed by atoms with Gasteiger partial charge in [-0.1, -0.05) is 6.07 Å². The molecule has 1 aromatic carbocycles. The summed E-state index contributed by atoms with van der Waals surface area (Å²) < 4.78 is 4.89. The summed E-state index contributed by atoms with van der Waals surface area (Å²) in [6, 6.07) is 4.18. The minimum Gasteiger partial charge on any atom is -0.497 e. The Hall–Kier alpha value is -1.63. The molecule has 94 valence electrons. The Morgan fingerprint density at radius 1 is 1.47 bits per heavy atom. The summed E-state index contributed by atoms with van der Waals surface area (Å²) in [7, 11) is 1.41. The number of benzene rings is 1. The van der Waals surface area contributed by atoms with Crippen LogP contribution in [-0.2, 0) is 0 Å². The predicted octanol–water partition coefficient (Wildman–Crippen LogP) is -0.254. The summed E-state index contributed by atoms with van der Waals surface area (Å²) in [5.41, 5.74) is 5.20. The highest BCUT2D eigenvalue weighted by Crippen LogP contribution is 2.25. The molecule has 0 saturated heterocycles. The molecule has 2 atom stereocenters. The molecule has 1 rings (SSSR count). The second-order valence-electron chi connectivity index (χ2n) is 3.51. The van der Waals surface area contributed by atoms with Crippen molar-refractivity contribution in [1.29, 1.82) is 0 Å². The normalized spacial score (nSPS) is 14.1. The fourth-order valence-electron chi connectivity index (χ4n) is 1.44. The molecule has 0 fully saturated rings. The topological polar surface area (TPSA) is 113 Å². The number of aromatic carboxylic acids is 1. The van der Waals surface area contributed by atoms with Crippen LogP contribution in [0.1, 0.15) is 22.0 Å². The van der Waals surface area contributed by atoms with Crippen LogP contribution in [0.3, 0.4) is 0 Å². The van der Waals surface area contributed by atoms with Crippen molar-refractivity contribution >= 4 is 5.97 Å². The van der Waals surface area contributed by atoms with Gasteiger partial charge in [-0.05, 0) is 17.7 Å². The standard InChI is InChI=1S/C11H15NO5/c1-17-6-2-3-7(8(4-6)11(15)16)10(14)9(13)5-12/h2-4,9-10,13-14H,5,12H2,1H3,(H,15,16). The largest absolute Gasteiger partial charge is 0.497 e. The van der Waals surface area contributed by atoms with Crippen molar-refractivity contribution in [2.75, 3.05) is 13.7 Å². The Labute approximate surface area is 98.3 Å². The van der Waals surface area contributed by atoms with Gasteiger partial charge in [0.05, 0.1) is 18.8 Å². The number of ether oxygens (including phenoxy) is 1. The van der Waals surface area contributed by atoms with Gasteiger partial charge < -0.3 is 25.8 Å². The third kappa shape index (κ3) is 2.94. The molecule has 0 aliphatic heterocycles. The number of carbonyl (C=O) groups is 1. The zero-order valence-electron chi connectivity index (χ0n) is 9.33. The lowest BCUT2D eigenvalue weighted by atomic mass is 9.98. The number of hydrogen-bond donors (Lipinski definition) is 4. The van der Waals surface area contributed by atoms with E-state index in [2.05, 4.69) is 0 Å². The zero-order chi connectivity index (χ0) is 13.0. The molecule has 5 N–H and O–H groups in total. The van der Waals surface area contributed by atoms with E-state index in [9.17, 15) is 15.0 Å². The highest BCUT2D eigenvalue weighted by molar-refractivity contribution is 5.90. The number of hydrogen-bond acceptors (Lipinski definition) is 5. The molecule has 0 bridgehead atoms. The molecule has 0 radical (unpaired) electrons. The summed E-state index contributed by atoms with van der Waals surface area (Å²) in [5.74, 6) is -0.845. The summed E-state index contributed by atoms with van der Waals surface area (Å²) in [6.07, 6.45) is -2.54. The minimum atomic E-state index is -1.34. The van der Waals surface area contributed by atoms with Crippen LogP contribution in [0.5, 0.6) is 5.75 Å². The van der Waals surface area contributed by atoms with Gasteiger partial charge in [-0.15, -0.1) is 0 Å². The van der Waals surface area contributed by atoms with Crippen LogP contribution < -0.4 is 10.5 Å². The van der Waals surface area contributed by atoms with Gasteiger partial charge in [-0.3, -0.25) is 0 Å². The summed E-state index contributed by atoms with van der Waals surface area (Å²) in [5, 5.41) is 28.2. The first-order valence-electron chi connectivity index (χ1n) is 4.98. The van der Waals surface area contributed by atoms with E-state index in [-0.39, 0.29) is 17.7 Å². The van der Waals surface area contributed by atoms with Crippen LogP contribution in [0.15, 0.2) is 18.2 Å². The molecular weight excluding hydrogens is 226 g/mol. The smallest absolute Gasteiger partial charge is 0.336 e. The number of carboxylic acid groups (broad SMARTS) is 1. The zero-order valence-corrected chi connectivity index (χ0v) is 9.33. The van der Waals surface area contributed by atoms with E-state index < -0.39 is 18.2 Å². The quantitative estimate of drug-likeness (QED) is 0.565. The first-order valence-corrected chi connectivity index (χ1v) is 4.98. The van der Waals surface area contributed by atoms with Gasteiger partial charge in [0.1, 0.15) is 11.9 Å². The van der Waals surface area contributed by atoms with E-state index in [1.807, 2.05) is 0 Å². The van der Waals surface area contributed by atoms with Gasteiger partial charge >= 0.3 is 5.97 Å². The van der Waals surface area contributed by atoms with Crippen molar-refractivity contribution in [3.63, 3.8) is 0 Å². The number of methoxy groups -OCH3 is 1. The maximum Gasteiger partial charge on any atom is 0.336 e. The molecule has 6 heteroatoms. The van der Waals surface area contributed by atoms with Crippen molar-refractivity contribution in [2.24, 2.45) is 5.73 Å². The molecule has 0 saturated carbocycles. The maximum absolute atomic E-state index is 11.0. The fraction of sp³-hybridized carbons (Fsp3) is 0.364. The number of aliphatic hydroxyl groups excluding tert-OH is 2. The average molecular weight is 241 g/mol. The Morgan fingerprint density at radius 3 is 2.59 bits per heavy atom. The molecule has 0 aromatic heterocycles. The molecule has 0 heterocycles. The third-order valence-corrected chi connectivity index (χ3v) is 2.42. The average Bonchev–Trinajstić information content (AvgIpc) is 2.35. The molecule has 17 heavy (non-hydrogen) atoms. The molecule has 2 unspecified atom stereocenters. The van der Waals surface area contributed by atoms with E-state index >= 15 is 0 Å². The van der Waals surface area contributed by atoms with E-state index in [4.69, 9.17) is 15.6 Å². The fourth-order valence-corrected chi connectivity index (χ4v) is 1.44. The van der Waals surface area contributed by atoms with Crippen LogP contribution >= 0.6 is 0 Å². The Morgan fingerprint density at radius 2 is 2.12 bits per heavy atom. The summed E-state index contributed by atoms with van der Waals surface area (Å²) >= 11 is 0. The molecule has 0 aliphatic carbocycles. The minimum absolute atomic E-state index is 0.108. The molecule has 6 nitrogen and oxygen atoms in total. The van der Waals surface area contributed by atoms with Gasteiger partial charge in [0.2, 0.25) is 0 Å². The van der Waals surface area contributed by atoms with E-state index in [1.54, 1.807) is 0 Å². The number of nitrogens with two attached hydrogens (primary N) is 1. The highest BCUT2D eigenvalue weighted by atomic mass is 16.5. The van der Waals surface area contributed by atoms with Crippen LogP contribution in [0.4, 0.5) is 0 Å². The SMILES string of the molecule is COc1ccc(C(O)C(O)CN)c(C(=O)O)c1. The highest BCUT2D eigenvalue weighted by Gasteiger charge is 2.23. The van der Waals surface area contributed by atoms with Gasteiger partial charge in [-0.25, -0.2) is 4.79 Å². The van der Waals surface area contributed by atoms with Gasteiger partial charge in [0.15, 0.2) is 0 Å². The van der Waals surface area contributed by atoms with Crippen molar-refractivity contribution in [1.82, 2.24) is 0 Å². The van der Waals surface area contributed by atoms with Crippen molar-refractivity contribution in [3.8, 4) is 5.75 Å². The molecule has 1 aromatic rings. The number of carboxylic acids is 1. The lowest BCUT2D eigenvalue weighted by molar-refractivity contribution is 0.0231. The van der Waals surface area contributed by atoms with Gasteiger partial charge in [-0.2, -0.15) is 0 Å². The van der Waals surface area contributed by atoms with Crippen molar-refractivity contribution in [3.05, 3.63) is 29.3 Å². The molecular formula is C11H15NO5. The van der Waals surface area contributed by atoms with Gasteiger partial charge in [0, 0.05) is 6.54 Å². The maximum atomic E-state index is 11.0. The number of rotatable bonds is 5. The van der Waals surface area contributed by atoms with Gasteiger partial charge in [0.25, 0.3) is 0 Å². The molecule has 0 amide bonds. The predicted molar refractivity (Wildman–Crippen MR) is 60.0 cm³/mol. The second-order valence-corrected chi connectivity index (χ2v) is 3.51. The molecule has 0 spiro atoms. The Bertz CT molecular complexity index is 407. The van der Waals surface area contributed by atoms with Crippen LogP contribution in [0, 0.1) is 0 Å². The van der Waals surface area contributed by atoms with E-state index in [0.717, 1.165) is 0 Å². The first-order chi connectivity index (χ1) is 8.01. The Balaban J connectivity index is 3.18. The van der Waals surface area contributed by atoms with Crippen molar-refractivity contribution < 1.29 is 24.9 Å². The third-order valence-electron chi connectivity index (χ3n) is 2.42. The first kappa shape index (κ1) is 13.4. The lowest BCUT2D eigenvalue weighted by Gasteiger charge is -2.18. The molecule has 0 aliphatic rings. The Kier molecular flexibility index (Phi) is 4.45.